The van der Waals surface area contributed by atoms with E-state index in [1.165, 1.54) is 11.3 Å². The van der Waals surface area contributed by atoms with Crippen molar-refractivity contribution in [1.82, 2.24) is 9.80 Å². The number of anilines is 1. The maximum absolute atomic E-state index is 12.9. The van der Waals surface area contributed by atoms with Gasteiger partial charge in [0.15, 0.2) is 0 Å². The monoisotopic (exact) mass is 419 g/mol. The van der Waals surface area contributed by atoms with Gasteiger partial charge in [0.2, 0.25) is 5.91 Å². The predicted molar refractivity (Wildman–Crippen MR) is 111 cm³/mol. The highest BCUT2D eigenvalue weighted by atomic mass is 35.5. The largest absolute Gasteiger partial charge is 0.339 e. The number of nitrogens with zero attached hydrogens (tertiary/aromatic N) is 2. The molecule has 1 aromatic heterocycles. The Labute approximate surface area is 173 Å². The Morgan fingerprint density at radius 1 is 1.11 bits per heavy atom. The lowest BCUT2D eigenvalue weighted by Gasteiger charge is -2.34. The first-order valence-corrected chi connectivity index (χ1v) is 10.3. The molecule has 148 valence electrons. The fourth-order valence-corrected chi connectivity index (χ4v) is 4.36. The number of piperazine rings is 1. The van der Waals surface area contributed by atoms with Gasteiger partial charge in [0, 0.05) is 32.6 Å². The minimum absolute atomic E-state index is 0.0654. The summed E-state index contributed by atoms with van der Waals surface area (Å²) < 4.78 is 0. The van der Waals surface area contributed by atoms with E-state index >= 15 is 0 Å². The van der Waals surface area contributed by atoms with Gasteiger partial charge in [-0.1, -0.05) is 30.7 Å². The number of halogens is 1. The fraction of sp³-hybridized carbons (Fsp3) is 0.350. The summed E-state index contributed by atoms with van der Waals surface area (Å²) in [5, 5.41) is 3.80. The molecule has 1 fully saturated rings. The summed E-state index contributed by atoms with van der Waals surface area (Å²) in [6.45, 7) is 5.84. The van der Waals surface area contributed by atoms with Gasteiger partial charge in [0.25, 0.3) is 11.8 Å². The zero-order chi connectivity index (χ0) is 20.3. The summed E-state index contributed by atoms with van der Waals surface area (Å²) >= 11 is 7.33. The maximum atomic E-state index is 12.9. The molecule has 28 heavy (non-hydrogen) atoms. The van der Waals surface area contributed by atoms with Gasteiger partial charge in [-0.15, -0.1) is 11.3 Å². The van der Waals surface area contributed by atoms with E-state index in [0.29, 0.717) is 53.1 Å². The first-order chi connectivity index (χ1) is 13.4. The van der Waals surface area contributed by atoms with Crippen molar-refractivity contribution in [2.75, 3.05) is 31.5 Å². The third kappa shape index (κ3) is 4.36. The molecule has 0 spiro atoms. The zero-order valence-electron chi connectivity index (χ0n) is 15.8. The molecule has 1 saturated heterocycles. The minimum Gasteiger partial charge on any atom is -0.339 e. The highest BCUT2D eigenvalue weighted by molar-refractivity contribution is 7.18. The number of hydrogen-bond donors (Lipinski definition) is 1. The van der Waals surface area contributed by atoms with E-state index in [9.17, 15) is 14.4 Å². The van der Waals surface area contributed by atoms with Gasteiger partial charge in [-0.2, -0.15) is 0 Å². The molecule has 2 aromatic rings. The number of hydrogen-bond acceptors (Lipinski definition) is 4. The second-order valence-electron chi connectivity index (χ2n) is 6.58. The lowest BCUT2D eigenvalue weighted by molar-refractivity contribution is -0.132. The molecule has 1 N–H and O–H groups in total. The average molecular weight is 420 g/mol. The van der Waals surface area contributed by atoms with Gasteiger partial charge < -0.3 is 15.1 Å². The molecule has 3 rings (SSSR count). The van der Waals surface area contributed by atoms with Crippen LogP contribution in [0.3, 0.4) is 0 Å². The first-order valence-electron chi connectivity index (χ1n) is 9.14. The van der Waals surface area contributed by atoms with E-state index in [-0.39, 0.29) is 17.7 Å². The fourth-order valence-electron chi connectivity index (χ4n) is 3.11. The van der Waals surface area contributed by atoms with Gasteiger partial charge in [-0.05, 0) is 30.7 Å². The number of carbonyl (C=O) groups excluding carboxylic acids is 3. The van der Waals surface area contributed by atoms with Crippen LogP contribution >= 0.6 is 22.9 Å². The number of rotatable bonds is 4. The number of nitrogens with one attached hydrogen (secondary N) is 1. The summed E-state index contributed by atoms with van der Waals surface area (Å²) in [6, 6.07) is 8.62. The van der Waals surface area contributed by atoms with Crippen LogP contribution in [-0.2, 0) is 4.79 Å². The summed E-state index contributed by atoms with van der Waals surface area (Å²) in [5.41, 5.74) is 1.20. The number of carbonyl (C=O) groups is 3. The zero-order valence-corrected chi connectivity index (χ0v) is 17.4. The van der Waals surface area contributed by atoms with Gasteiger partial charge in [-0.3, -0.25) is 14.4 Å². The van der Waals surface area contributed by atoms with Gasteiger partial charge >= 0.3 is 0 Å². The Balaban J connectivity index is 1.67. The first kappa shape index (κ1) is 20.4. The Morgan fingerprint density at radius 2 is 1.75 bits per heavy atom. The van der Waals surface area contributed by atoms with E-state index < -0.39 is 0 Å². The maximum Gasteiger partial charge on any atom is 0.264 e. The van der Waals surface area contributed by atoms with Crippen molar-refractivity contribution >= 4 is 45.7 Å². The summed E-state index contributed by atoms with van der Waals surface area (Å²) in [4.78, 5) is 41.3. The number of benzene rings is 1. The number of thiophene rings is 1. The molecule has 8 heteroatoms. The molecule has 1 aliphatic rings. The van der Waals surface area contributed by atoms with E-state index in [0.717, 1.165) is 5.56 Å². The molecule has 3 amide bonds. The smallest absolute Gasteiger partial charge is 0.264 e. The molecule has 1 aliphatic heterocycles. The molecule has 0 aliphatic carbocycles. The van der Waals surface area contributed by atoms with Crippen LogP contribution in [0.4, 0.5) is 5.00 Å². The van der Waals surface area contributed by atoms with Crippen LogP contribution < -0.4 is 5.32 Å². The Hall–Kier alpha value is -2.38. The quantitative estimate of drug-likeness (QED) is 0.822. The standard InChI is InChI=1S/C20H22ClN3O3S/c1-3-17(25)23-8-10-24(11-9-23)20(27)18-13(2)12-16(28-18)22-19(26)14-6-4-5-7-15(14)21/h4-7,12H,3,8-11H2,1-2H3,(H,22,26). The van der Waals surface area contributed by atoms with E-state index in [4.69, 9.17) is 11.6 Å². The molecule has 0 atom stereocenters. The summed E-state index contributed by atoms with van der Waals surface area (Å²) in [5.74, 6) is -0.258. The van der Waals surface area contributed by atoms with Crippen LogP contribution in [-0.4, -0.2) is 53.7 Å². The predicted octanol–water partition coefficient (Wildman–Crippen LogP) is 3.66. The third-order valence-electron chi connectivity index (χ3n) is 4.69. The number of amides is 3. The van der Waals surface area contributed by atoms with Crippen LogP contribution in [0.5, 0.6) is 0 Å². The Kier molecular flexibility index (Phi) is 6.36. The van der Waals surface area contributed by atoms with Gasteiger partial charge in [0.05, 0.1) is 20.5 Å². The SMILES string of the molecule is CCC(=O)N1CCN(C(=O)c2sc(NC(=O)c3ccccc3Cl)cc2C)CC1. The van der Waals surface area contributed by atoms with Crippen LogP contribution in [0.1, 0.15) is 38.9 Å². The molecule has 1 aromatic carbocycles. The van der Waals surface area contributed by atoms with E-state index in [1.54, 1.807) is 40.1 Å². The Bertz CT molecular complexity index is 904. The van der Waals surface area contributed by atoms with Crippen molar-refractivity contribution in [3.05, 3.63) is 51.4 Å². The Morgan fingerprint density at radius 3 is 2.39 bits per heavy atom. The van der Waals surface area contributed by atoms with Crippen molar-refractivity contribution in [2.24, 2.45) is 0 Å². The van der Waals surface area contributed by atoms with Crippen LogP contribution in [0.2, 0.25) is 5.02 Å². The summed E-state index contributed by atoms with van der Waals surface area (Å²) in [6.07, 6.45) is 0.479. The van der Waals surface area contributed by atoms with Crippen LogP contribution in [0.25, 0.3) is 0 Å². The topological polar surface area (TPSA) is 69.7 Å². The molecule has 2 heterocycles. The minimum atomic E-state index is -0.308. The molecular formula is C20H22ClN3O3S. The highest BCUT2D eigenvalue weighted by Gasteiger charge is 2.26. The second-order valence-corrected chi connectivity index (χ2v) is 8.04. The molecule has 6 nitrogen and oxygen atoms in total. The molecule has 0 saturated carbocycles. The molecular weight excluding hydrogens is 398 g/mol. The third-order valence-corrected chi connectivity index (χ3v) is 6.16. The molecule has 0 bridgehead atoms. The van der Waals surface area contributed by atoms with E-state index in [2.05, 4.69) is 5.32 Å². The van der Waals surface area contributed by atoms with Crippen molar-refractivity contribution in [1.29, 1.82) is 0 Å². The van der Waals surface area contributed by atoms with Crippen molar-refractivity contribution in [3.63, 3.8) is 0 Å². The lowest BCUT2D eigenvalue weighted by Crippen LogP contribution is -2.50. The van der Waals surface area contributed by atoms with Gasteiger partial charge in [0.1, 0.15) is 0 Å². The lowest BCUT2D eigenvalue weighted by atomic mass is 10.2. The molecule has 0 unspecified atom stereocenters. The number of aryl methyl sites for hydroxylation is 1. The average Bonchev–Trinajstić information content (AvgIpc) is 3.07. The van der Waals surface area contributed by atoms with Crippen LogP contribution in [0, 0.1) is 6.92 Å². The van der Waals surface area contributed by atoms with Crippen molar-refractivity contribution < 1.29 is 14.4 Å². The van der Waals surface area contributed by atoms with Crippen LogP contribution in [0.15, 0.2) is 30.3 Å². The highest BCUT2D eigenvalue weighted by Crippen LogP contribution is 2.29. The summed E-state index contributed by atoms with van der Waals surface area (Å²) in [7, 11) is 0. The molecule has 0 radical (unpaired) electrons. The second kappa shape index (κ2) is 8.75. The van der Waals surface area contributed by atoms with Crippen molar-refractivity contribution in [2.45, 2.75) is 20.3 Å². The van der Waals surface area contributed by atoms with Gasteiger partial charge in [-0.25, -0.2) is 0 Å². The van der Waals surface area contributed by atoms with E-state index in [1.807, 2.05) is 13.8 Å². The van der Waals surface area contributed by atoms with Crippen molar-refractivity contribution in [3.8, 4) is 0 Å². The normalized spacial score (nSPS) is 14.1.